The Hall–Kier alpha value is -1.92. The third-order valence-electron chi connectivity index (χ3n) is 2.80. The summed E-state index contributed by atoms with van der Waals surface area (Å²) in [7, 11) is -3.68. The lowest BCUT2D eigenvalue weighted by atomic mass is 10.2. The lowest BCUT2D eigenvalue weighted by molar-refractivity contribution is 0.299. The molecule has 0 unspecified atom stereocenters. The Kier molecular flexibility index (Phi) is 4.06. The van der Waals surface area contributed by atoms with Gasteiger partial charge >= 0.3 is 0 Å². The van der Waals surface area contributed by atoms with Crippen LogP contribution in [0.3, 0.4) is 0 Å². The van der Waals surface area contributed by atoms with E-state index >= 15 is 0 Å². The number of sulfonamides is 1. The number of hydrogen-bond acceptors (Lipinski definition) is 4. The van der Waals surface area contributed by atoms with Crippen LogP contribution in [-0.4, -0.2) is 13.4 Å². The first kappa shape index (κ1) is 14.5. The molecule has 0 saturated carbocycles. The number of aromatic nitrogens is 1. The van der Waals surface area contributed by atoms with Gasteiger partial charge in [-0.25, -0.2) is 13.6 Å². The van der Waals surface area contributed by atoms with E-state index in [2.05, 4.69) is 4.98 Å². The largest absolute Gasteiger partial charge is 0.487 e. The quantitative estimate of drug-likeness (QED) is 0.933. The molecule has 0 fully saturated rings. The number of nitrogens with two attached hydrogens (primary N) is 1. The predicted octanol–water partition coefficient (Wildman–Crippen LogP) is 1.92. The van der Waals surface area contributed by atoms with Crippen LogP contribution in [0, 0.1) is 13.8 Å². The third-order valence-corrected chi connectivity index (χ3v) is 3.71. The van der Waals surface area contributed by atoms with Crippen molar-refractivity contribution in [1.29, 1.82) is 0 Å². The Labute approximate surface area is 118 Å². The van der Waals surface area contributed by atoms with Gasteiger partial charge in [0.2, 0.25) is 10.0 Å². The highest BCUT2D eigenvalue weighted by atomic mass is 32.2. The summed E-state index contributed by atoms with van der Waals surface area (Å²) >= 11 is 0. The summed E-state index contributed by atoms with van der Waals surface area (Å²) in [4.78, 5) is 4.41. The van der Waals surface area contributed by atoms with Crippen molar-refractivity contribution in [3.8, 4) is 5.75 Å². The van der Waals surface area contributed by atoms with E-state index in [1.165, 1.54) is 12.1 Å². The maximum absolute atomic E-state index is 11.2. The molecule has 0 atom stereocenters. The smallest absolute Gasteiger partial charge is 0.238 e. The van der Waals surface area contributed by atoms with Gasteiger partial charge in [-0.3, -0.25) is 4.98 Å². The fourth-order valence-corrected chi connectivity index (χ4v) is 2.39. The Morgan fingerprint density at radius 2 is 1.95 bits per heavy atom. The zero-order chi connectivity index (χ0) is 14.8. The first-order valence-electron chi connectivity index (χ1n) is 6.05. The van der Waals surface area contributed by atoms with Crippen LogP contribution < -0.4 is 9.88 Å². The van der Waals surface area contributed by atoms with E-state index in [-0.39, 0.29) is 4.90 Å². The lowest BCUT2D eigenvalue weighted by Crippen LogP contribution is -2.12. The summed E-state index contributed by atoms with van der Waals surface area (Å²) in [6.45, 7) is 4.01. The van der Waals surface area contributed by atoms with Gasteiger partial charge in [0.05, 0.1) is 10.6 Å². The van der Waals surface area contributed by atoms with Gasteiger partial charge in [0, 0.05) is 5.69 Å². The first-order valence-corrected chi connectivity index (χ1v) is 7.60. The number of benzene rings is 1. The van der Waals surface area contributed by atoms with Gasteiger partial charge in [0.1, 0.15) is 12.4 Å². The summed E-state index contributed by atoms with van der Waals surface area (Å²) < 4.78 is 28.1. The van der Waals surface area contributed by atoms with Crippen molar-refractivity contribution < 1.29 is 13.2 Å². The number of primary sulfonamides is 1. The average Bonchev–Trinajstić information content (AvgIpc) is 2.36. The number of ether oxygens (including phenoxy) is 1. The van der Waals surface area contributed by atoms with Crippen LogP contribution in [0.2, 0.25) is 0 Å². The summed E-state index contributed by atoms with van der Waals surface area (Å²) in [5.41, 5.74) is 2.46. The van der Waals surface area contributed by atoms with Crippen molar-refractivity contribution in [3.05, 3.63) is 53.3 Å². The zero-order valence-electron chi connectivity index (χ0n) is 11.3. The summed E-state index contributed by atoms with van der Waals surface area (Å²) in [5.74, 6) is 0.612. The van der Waals surface area contributed by atoms with Crippen LogP contribution in [-0.2, 0) is 16.6 Å². The van der Waals surface area contributed by atoms with Gasteiger partial charge < -0.3 is 4.74 Å². The van der Waals surface area contributed by atoms with Crippen LogP contribution in [0.5, 0.6) is 5.75 Å². The van der Waals surface area contributed by atoms with Gasteiger partial charge in [-0.05, 0) is 49.7 Å². The minimum Gasteiger partial charge on any atom is -0.487 e. The second-order valence-corrected chi connectivity index (χ2v) is 6.09. The van der Waals surface area contributed by atoms with Crippen LogP contribution in [0.15, 0.2) is 41.3 Å². The Bertz CT molecular complexity index is 727. The number of pyridine rings is 1. The molecular weight excluding hydrogens is 276 g/mol. The molecule has 1 heterocycles. The SMILES string of the molecule is Cc1cccc(COc2ccc(S(N)(=O)=O)cc2C)n1. The Morgan fingerprint density at radius 3 is 2.55 bits per heavy atom. The molecule has 0 spiro atoms. The second kappa shape index (κ2) is 5.60. The number of aryl methyl sites for hydroxylation is 2. The second-order valence-electron chi connectivity index (χ2n) is 4.53. The molecule has 1 aromatic carbocycles. The van der Waals surface area contributed by atoms with Crippen molar-refractivity contribution in [1.82, 2.24) is 4.98 Å². The molecule has 0 aliphatic carbocycles. The molecule has 1 aromatic heterocycles. The summed E-state index contributed by atoms with van der Waals surface area (Å²) in [6, 6.07) is 10.2. The molecule has 0 aliphatic rings. The van der Waals surface area contributed by atoms with E-state index in [1.807, 2.05) is 25.1 Å². The molecule has 0 bridgehead atoms. The lowest BCUT2D eigenvalue weighted by Gasteiger charge is -2.10. The monoisotopic (exact) mass is 292 g/mol. The average molecular weight is 292 g/mol. The minimum atomic E-state index is -3.68. The topological polar surface area (TPSA) is 82.3 Å². The Morgan fingerprint density at radius 1 is 1.20 bits per heavy atom. The molecular formula is C14H16N2O3S. The number of hydrogen-bond donors (Lipinski definition) is 1. The highest BCUT2D eigenvalue weighted by Gasteiger charge is 2.10. The van der Waals surface area contributed by atoms with Crippen molar-refractivity contribution in [3.63, 3.8) is 0 Å². The van der Waals surface area contributed by atoms with Crippen molar-refractivity contribution in [2.75, 3.05) is 0 Å². The van der Waals surface area contributed by atoms with Crippen molar-refractivity contribution >= 4 is 10.0 Å². The van der Waals surface area contributed by atoms with Crippen LogP contribution in [0.4, 0.5) is 0 Å². The highest BCUT2D eigenvalue weighted by molar-refractivity contribution is 7.89. The molecule has 5 nitrogen and oxygen atoms in total. The van der Waals surface area contributed by atoms with Crippen molar-refractivity contribution in [2.45, 2.75) is 25.3 Å². The van der Waals surface area contributed by atoms with E-state index in [4.69, 9.17) is 9.88 Å². The standard InChI is InChI=1S/C14H16N2O3S/c1-10-8-13(20(15,17)18)6-7-14(10)19-9-12-5-3-4-11(2)16-12/h3-8H,9H2,1-2H3,(H2,15,17,18). The highest BCUT2D eigenvalue weighted by Crippen LogP contribution is 2.22. The number of rotatable bonds is 4. The minimum absolute atomic E-state index is 0.0797. The van der Waals surface area contributed by atoms with Crippen LogP contribution >= 0.6 is 0 Å². The van der Waals surface area contributed by atoms with E-state index in [1.54, 1.807) is 13.0 Å². The molecule has 6 heteroatoms. The maximum atomic E-state index is 11.2. The fraction of sp³-hybridized carbons (Fsp3) is 0.214. The normalized spacial score (nSPS) is 11.3. The Balaban J connectivity index is 2.15. The summed E-state index contributed by atoms with van der Waals surface area (Å²) in [6.07, 6.45) is 0. The van der Waals surface area contributed by atoms with Crippen LogP contribution in [0.1, 0.15) is 17.0 Å². The zero-order valence-corrected chi connectivity index (χ0v) is 12.1. The van der Waals surface area contributed by atoms with E-state index < -0.39 is 10.0 Å². The van der Waals surface area contributed by atoms with Crippen molar-refractivity contribution in [2.24, 2.45) is 5.14 Å². The number of nitrogens with zero attached hydrogens (tertiary/aromatic N) is 1. The third kappa shape index (κ3) is 3.55. The summed E-state index contributed by atoms with van der Waals surface area (Å²) in [5, 5.41) is 5.08. The molecule has 20 heavy (non-hydrogen) atoms. The van der Waals surface area contributed by atoms with Gasteiger partial charge in [-0.15, -0.1) is 0 Å². The predicted molar refractivity (Wildman–Crippen MR) is 75.9 cm³/mol. The molecule has 0 aliphatic heterocycles. The first-order chi connectivity index (χ1) is 9.36. The molecule has 106 valence electrons. The van der Waals surface area contributed by atoms with E-state index in [9.17, 15) is 8.42 Å². The molecule has 0 saturated heterocycles. The maximum Gasteiger partial charge on any atom is 0.238 e. The van der Waals surface area contributed by atoms with Gasteiger partial charge in [-0.1, -0.05) is 6.07 Å². The van der Waals surface area contributed by atoms with Gasteiger partial charge in [0.15, 0.2) is 0 Å². The fourth-order valence-electron chi connectivity index (χ4n) is 1.79. The van der Waals surface area contributed by atoms with E-state index in [0.717, 1.165) is 11.4 Å². The van der Waals surface area contributed by atoms with Gasteiger partial charge in [0.25, 0.3) is 0 Å². The molecule has 2 N–H and O–H groups in total. The molecule has 0 amide bonds. The molecule has 2 rings (SSSR count). The molecule has 0 radical (unpaired) electrons. The van der Waals surface area contributed by atoms with Gasteiger partial charge in [-0.2, -0.15) is 0 Å². The molecule has 2 aromatic rings. The van der Waals surface area contributed by atoms with Crippen LogP contribution in [0.25, 0.3) is 0 Å². The van der Waals surface area contributed by atoms with E-state index in [0.29, 0.717) is 17.9 Å².